The van der Waals surface area contributed by atoms with Crippen LogP contribution in [0.1, 0.15) is 19.3 Å². The lowest BCUT2D eigenvalue weighted by Crippen LogP contribution is -2.45. The van der Waals surface area contributed by atoms with Crippen molar-refractivity contribution >= 4 is 33.2 Å². The molecule has 30 heavy (non-hydrogen) atoms. The molecule has 0 aliphatic rings. The molecule has 0 spiro atoms. The third-order valence-electron chi connectivity index (χ3n) is 4.47. The Morgan fingerprint density at radius 3 is 2.50 bits per heavy atom. The van der Waals surface area contributed by atoms with E-state index < -0.39 is 14.9 Å². The van der Waals surface area contributed by atoms with Crippen LogP contribution in [-0.2, 0) is 10.0 Å². The number of nitrogens with one attached hydrogen (secondary N) is 1. The van der Waals surface area contributed by atoms with Gasteiger partial charge in [0.2, 0.25) is 10.0 Å². The summed E-state index contributed by atoms with van der Waals surface area (Å²) >= 11 is 1.62. The fraction of sp³-hybridized carbons (Fsp3) is 0.368. The van der Waals surface area contributed by atoms with E-state index in [4.69, 9.17) is 10.2 Å². The zero-order valence-corrected chi connectivity index (χ0v) is 18.2. The number of thioether (sulfide) groups is 1. The molecule has 0 fully saturated rings. The van der Waals surface area contributed by atoms with Gasteiger partial charge < -0.3 is 5.11 Å². The second-order valence-corrected chi connectivity index (χ2v) is 9.20. The molecule has 0 radical (unpaired) electrons. The largest absolute Gasteiger partial charge is 0.396 e. The molecule has 0 amide bonds. The maximum Gasteiger partial charge on any atom is 0.295 e. The molecule has 11 heteroatoms. The number of hydrazine groups is 1. The second-order valence-electron chi connectivity index (χ2n) is 6.54. The quantitative estimate of drug-likeness (QED) is 0.192. The lowest BCUT2D eigenvalue weighted by atomic mass is 10.1. The summed E-state index contributed by atoms with van der Waals surface area (Å²) in [6.07, 6.45) is 2.03. The van der Waals surface area contributed by atoms with Gasteiger partial charge in [0.05, 0.1) is 15.9 Å². The number of primary sulfonamides is 1. The first-order valence-corrected chi connectivity index (χ1v) is 11.9. The summed E-state index contributed by atoms with van der Waals surface area (Å²) in [5.41, 5.74) is 2.90. The molecule has 0 saturated heterocycles. The van der Waals surface area contributed by atoms with Crippen LogP contribution in [0.25, 0.3) is 0 Å². The molecule has 0 unspecified atom stereocenters. The number of nitrogens with two attached hydrogens (primary N) is 1. The van der Waals surface area contributed by atoms with Gasteiger partial charge >= 0.3 is 0 Å². The molecule has 2 rings (SSSR count). The van der Waals surface area contributed by atoms with Gasteiger partial charge in [0.25, 0.3) is 5.69 Å². The molecule has 0 heterocycles. The normalized spacial score (nSPS) is 12.5. The zero-order valence-electron chi connectivity index (χ0n) is 16.6. The third kappa shape index (κ3) is 6.67. The van der Waals surface area contributed by atoms with Crippen LogP contribution in [0.5, 0.6) is 0 Å². The van der Waals surface area contributed by atoms with Crippen molar-refractivity contribution in [2.24, 2.45) is 5.14 Å². The van der Waals surface area contributed by atoms with Crippen LogP contribution >= 0.6 is 11.8 Å². The molecule has 1 atom stereocenters. The highest BCUT2D eigenvalue weighted by Gasteiger charge is 2.27. The van der Waals surface area contributed by atoms with Gasteiger partial charge in [-0.1, -0.05) is 18.2 Å². The maximum atomic E-state index is 11.7. The number of aliphatic hydroxyl groups is 1. The van der Waals surface area contributed by atoms with Crippen molar-refractivity contribution in [3.63, 3.8) is 0 Å². The molecule has 0 aromatic heterocycles. The van der Waals surface area contributed by atoms with Gasteiger partial charge in [-0.05, 0) is 43.5 Å². The van der Waals surface area contributed by atoms with Crippen LogP contribution in [-0.4, -0.2) is 43.9 Å². The Morgan fingerprint density at radius 2 is 1.93 bits per heavy atom. The molecule has 4 N–H and O–H groups in total. The first-order valence-electron chi connectivity index (χ1n) is 9.34. The fourth-order valence-corrected chi connectivity index (χ4v) is 4.60. The van der Waals surface area contributed by atoms with Crippen LogP contribution in [0, 0.1) is 10.1 Å². The minimum absolute atomic E-state index is 0.0707. The van der Waals surface area contributed by atoms with Crippen LogP contribution in [0.4, 0.5) is 11.4 Å². The van der Waals surface area contributed by atoms with E-state index in [0.29, 0.717) is 18.6 Å². The second kappa shape index (κ2) is 11.3. The van der Waals surface area contributed by atoms with Crippen LogP contribution in [0.3, 0.4) is 0 Å². The Kier molecular flexibility index (Phi) is 9.06. The molecule has 2 aromatic carbocycles. The van der Waals surface area contributed by atoms with Crippen molar-refractivity contribution in [1.29, 1.82) is 0 Å². The number of nitro benzene ring substituents is 1. The van der Waals surface area contributed by atoms with Crippen molar-refractivity contribution in [2.45, 2.75) is 35.1 Å². The summed E-state index contributed by atoms with van der Waals surface area (Å²) in [4.78, 5) is 11.8. The van der Waals surface area contributed by atoms with Crippen LogP contribution < -0.4 is 15.6 Å². The van der Waals surface area contributed by atoms with Crippen molar-refractivity contribution in [3.05, 3.63) is 58.6 Å². The minimum atomic E-state index is -4.07. The molecular formula is C19H26N4O5S2. The molecular weight excluding hydrogens is 428 g/mol. The highest BCUT2D eigenvalue weighted by atomic mass is 32.2. The molecule has 0 aliphatic heterocycles. The number of hydrogen-bond donors (Lipinski definition) is 3. The monoisotopic (exact) mass is 454 g/mol. The maximum absolute atomic E-state index is 11.7. The average Bonchev–Trinajstić information content (AvgIpc) is 2.72. The van der Waals surface area contributed by atoms with E-state index in [1.165, 1.54) is 12.1 Å². The summed E-state index contributed by atoms with van der Waals surface area (Å²) in [7, 11) is -2.41. The Hall–Kier alpha value is -2.18. The van der Waals surface area contributed by atoms with Crippen molar-refractivity contribution < 1.29 is 18.4 Å². The fourth-order valence-electron chi connectivity index (χ4n) is 3.02. The Labute approximate surface area is 180 Å². The molecule has 2 aromatic rings. The lowest BCUT2D eigenvalue weighted by Gasteiger charge is -2.32. The van der Waals surface area contributed by atoms with Crippen molar-refractivity contribution in [1.82, 2.24) is 5.43 Å². The van der Waals surface area contributed by atoms with Crippen LogP contribution in [0.15, 0.2) is 58.3 Å². The predicted octanol–water partition coefficient (Wildman–Crippen LogP) is 2.51. The average molecular weight is 455 g/mol. The highest BCUT2D eigenvalue weighted by Crippen LogP contribution is 2.33. The van der Waals surface area contributed by atoms with E-state index in [9.17, 15) is 18.5 Å². The topological polar surface area (TPSA) is 139 Å². The summed E-state index contributed by atoms with van der Waals surface area (Å²) in [5.74, 6) is 0.629. The van der Waals surface area contributed by atoms with E-state index in [-0.39, 0.29) is 28.9 Å². The zero-order chi connectivity index (χ0) is 22.1. The Morgan fingerprint density at radius 1 is 1.23 bits per heavy atom. The van der Waals surface area contributed by atoms with E-state index in [2.05, 4.69) is 5.43 Å². The number of unbranched alkanes of at least 4 members (excludes halogenated alkanes) is 1. The number of aliphatic hydroxyl groups excluding tert-OH is 1. The lowest BCUT2D eigenvalue weighted by molar-refractivity contribution is -0.384. The Balaban J connectivity index is 2.37. The van der Waals surface area contributed by atoms with Crippen molar-refractivity contribution in [2.75, 3.05) is 24.4 Å². The van der Waals surface area contributed by atoms with E-state index in [1.807, 2.05) is 30.3 Å². The van der Waals surface area contributed by atoms with Gasteiger partial charge in [-0.2, -0.15) is 0 Å². The van der Waals surface area contributed by atoms with Gasteiger partial charge in [0, 0.05) is 30.4 Å². The van der Waals surface area contributed by atoms with Gasteiger partial charge in [0.15, 0.2) is 0 Å². The molecule has 0 aliphatic carbocycles. The smallest absolute Gasteiger partial charge is 0.295 e. The SMILES string of the molecule is CNN(c1ccc(S(N)(=O)=O)cc1[N+](=O)[O-])[C@H](CCCCO)CSc1ccccc1. The van der Waals surface area contributed by atoms with E-state index >= 15 is 0 Å². The predicted molar refractivity (Wildman–Crippen MR) is 118 cm³/mol. The number of sulfonamides is 1. The first kappa shape index (κ1) is 24.1. The standard InChI is InChI=1S/C19H26N4O5S2/c1-21-22(18-11-10-17(30(20,27)28)13-19(18)23(25)26)15(7-5-6-12-24)14-29-16-8-3-2-4-9-16/h2-4,8-11,13,15,21,24H,5-7,12,14H2,1H3,(H2,20,27,28)/t15-/m1/s1. The number of anilines is 1. The molecule has 9 nitrogen and oxygen atoms in total. The first-order chi connectivity index (χ1) is 14.3. The molecule has 0 bridgehead atoms. The van der Waals surface area contributed by atoms with Gasteiger partial charge in [-0.25, -0.2) is 19.0 Å². The summed E-state index contributed by atoms with van der Waals surface area (Å²) in [5, 5.41) is 27.6. The van der Waals surface area contributed by atoms with Gasteiger partial charge in [-0.15, -0.1) is 11.8 Å². The molecule has 0 saturated carbocycles. The number of rotatable bonds is 12. The number of nitrogens with zero attached hydrogens (tertiary/aromatic N) is 2. The van der Waals surface area contributed by atoms with E-state index in [0.717, 1.165) is 17.4 Å². The van der Waals surface area contributed by atoms with Crippen LogP contribution in [0.2, 0.25) is 0 Å². The van der Waals surface area contributed by atoms with Crippen molar-refractivity contribution in [3.8, 4) is 0 Å². The summed E-state index contributed by atoms with van der Waals surface area (Å²) in [6.45, 7) is 0.0707. The third-order valence-corrected chi connectivity index (χ3v) is 6.54. The summed E-state index contributed by atoms with van der Waals surface area (Å²) < 4.78 is 23.2. The molecule has 164 valence electrons. The van der Waals surface area contributed by atoms with Gasteiger partial charge in [0.1, 0.15) is 5.69 Å². The Bertz CT molecular complexity index is 941. The van der Waals surface area contributed by atoms with E-state index in [1.54, 1.807) is 23.8 Å². The van der Waals surface area contributed by atoms with Gasteiger partial charge in [-0.3, -0.25) is 15.1 Å². The number of nitro groups is 1. The summed E-state index contributed by atoms with van der Waals surface area (Å²) in [6, 6.07) is 13.3. The highest BCUT2D eigenvalue weighted by molar-refractivity contribution is 7.99. The number of hydrogen-bond acceptors (Lipinski definition) is 8. The minimum Gasteiger partial charge on any atom is -0.396 e. The number of benzene rings is 2.